The average molecular weight is 338 g/mol. The number of hydrogen-bond acceptors (Lipinski definition) is 3. The van der Waals surface area contributed by atoms with E-state index >= 15 is 0 Å². The summed E-state index contributed by atoms with van der Waals surface area (Å²) >= 11 is 0. The van der Waals surface area contributed by atoms with E-state index in [1.165, 1.54) is 56.5 Å². The van der Waals surface area contributed by atoms with E-state index in [4.69, 9.17) is 0 Å². The summed E-state index contributed by atoms with van der Waals surface area (Å²) in [6, 6.07) is 13.6. The van der Waals surface area contributed by atoms with E-state index in [-0.39, 0.29) is 0 Å². The number of rotatable bonds is 7. The number of likely N-dealkylation sites (tertiary alicyclic amines) is 1. The van der Waals surface area contributed by atoms with Gasteiger partial charge in [0.25, 0.3) is 0 Å². The third-order valence-corrected chi connectivity index (χ3v) is 5.87. The minimum Gasteiger partial charge on any atom is -0.308 e. The zero-order valence-corrected chi connectivity index (χ0v) is 15.1. The number of hydrogen-bond donors (Lipinski definition) is 1. The molecule has 4 rings (SSSR count). The SMILES string of the molecule is c1ccc(CN2CCC(NCc3ccnn3CC3CCC3)CC2)cc1. The predicted octanol–water partition coefficient (Wildman–Crippen LogP) is 3.44. The number of nitrogens with zero attached hydrogens (tertiary/aromatic N) is 3. The summed E-state index contributed by atoms with van der Waals surface area (Å²) in [5.41, 5.74) is 2.77. The maximum absolute atomic E-state index is 4.53. The summed E-state index contributed by atoms with van der Waals surface area (Å²) in [4.78, 5) is 2.58. The molecular formula is C21H30N4. The smallest absolute Gasteiger partial charge is 0.0522 e. The second-order valence-corrected chi connectivity index (χ2v) is 7.72. The summed E-state index contributed by atoms with van der Waals surface area (Å²) in [7, 11) is 0. The van der Waals surface area contributed by atoms with Gasteiger partial charge in [-0.25, -0.2) is 0 Å². The highest BCUT2D eigenvalue weighted by Gasteiger charge is 2.21. The highest BCUT2D eigenvalue weighted by molar-refractivity contribution is 5.14. The van der Waals surface area contributed by atoms with Crippen molar-refractivity contribution in [3.05, 3.63) is 53.9 Å². The van der Waals surface area contributed by atoms with Gasteiger partial charge >= 0.3 is 0 Å². The topological polar surface area (TPSA) is 33.1 Å². The van der Waals surface area contributed by atoms with Gasteiger partial charge < -0.3 is 5.32 Å². The first kappa shape index (κ1) is 16.8. The molecule has 25 heavy (non-hydrogen) atoms. The minimum atomic E-state index is 0.638. The van der Waals surface area contributed by atoms with Crippen molar-refractivity contribution in [2.75, 3.05) is 13.1 Å². The summed E-state index contributed by atoms with van der Waals surface area (Å²) < 4.78 is 2.22. The Bertz CT molecular complexity index is 639. The number of benzene rings is 1. The molecule has 1 aliphatic heterocycles. The molecular weight excluding hydrogens is 308 g/mol. The molecule has 0 bridgehead atoms. The Balaban J connectivity index is 1.21. The Morgan fingerprint density at radius 3 is 2.52 bits per heavy atom. The van der Waals surface area contributed by atoms with Crippen LogP contribution in [0, 0.1) is 5.92 Å². The second kappa shape index (κ2) is 8.15. The van der Waals surface area contributed by atoms with Crippen molar-refractivity contribution >= 4 is 0 Å². The van der Waals surface area contributed by atoms with Crippen LogP contribution in [0.1, 0.15) is 43.4 Å². The van der Waals surface area contributed by atoms with Crippen molar-refractivity contribution in [1.82, 2.24) is 20.0 Å². The van der Waals surface area contributed by atoms with Crippen LogP contribution in [-0.2, 0) is 19.6 Å². The number of piperidine rings is 1. The van der Waals surface area contributed by atoms with Crippen LogP contribution in [0.5, 0.6) is 0 Å². The molecule has 1 aromatic carbocycles. The average Bonchev–Trinajstić information content (AvgIpc) is 3.06. The summed E-state index contributed by atoms with van der Waals surface area (Å²) in [6.45, 7) is 5.53. The van der Waals surface area contributed by atoms with Gasteiger partial charge in [0.1, 0.15) is 0 Å². The largest absolute Gasteiger partial charge is 0.308 e. The monoisotopic (exact) mass is 338 g/mol. The standard InChI is InChI=1S/C21H30N4/c1-2-5-18(6-3-1)16-24-13-10-20(11-14-24)22-15-21-9-12-23-25(21)17-19-7-4-8-19/h1-3,5-6,9,12,19-20,22H,4,7-8,10-11,13-17H2. The molecule has 0 unspecified atom stereocenters. The van der Waals surface area contributed by atoms with Crippen LogP contribution in [0.4, 0.5) is 0 Å². The summed E-state index contributed by atoms with van der Waals surface area (Å²) in [5.74, 6) is 0.861. The third-order valence-electron chi connectivity index (χ3n) is 5.87. The molecule has 134 valence electrons. The molecule has 4 heteroatoms. The first-order valence-corrected chi connectivity index (χ1v) is 9.87. The third kappa shape index (κ3) is 4.50. The Kier molecular flexibility index (Phi) is 5.48. The van der Waals surface area contributed by atoms with E-state index in [2.05, 4.69) is 56.4 Å². The summed E-state index contributed by atoms with van der Waals surface area (Å²) in [5, 5.41) is 8.30. The van der Waals surface area contributed by atoms with E-state index in [9.17, 15) is 0 Å². The van der Waals surface area contributed by atoms with Crippen molar-refractivity contribution in [3.8, 4) is 0 Å². The predicted molar refractivity (Wildman–Crippen MR) is 101 cm³/mol. The molecule has 1 aromatic heterocycles. The lowest BCUT2D eigenvalue weighted by Crippen LogP contribution is -2.42. The number of aromatic nitrogens is 2. The van der Waals surface area contributed by atoms with E-state index in [1.54, 1.807) is 0 Å². The zero-order chi connectivity index (χ0) is 16.9. The highest BCUT2D eigenvalue weighted by atomic mass is 15.3. The fourth-order valence-corrected chi connectivity index (χ4v) is 3.98. The van der Waals surface area contributed by atoms with E-state index in [1.807, 2.05) is 6.20 Å². The molecule has 4 nitrogen and oxygen atoms in total. The lowest BCUT2D eigenvalue weighted by Gasteiger charge is -2.32. The molecule has 2 heterocycles. The van der Waals surface area contributed by atoms with Crippen LogP contribution >= 0.6 is 0 Å². The van der Waals surface area contributed by atoms with E-state index in [0.717, 1.165) is 25.6 Å². The molecule has 0 spiro atoms. The minimum absolute atomic E-state index is 0.638. The lowest BCUT2D eigenvalue weighted by atomic mass is 9.85. The van der Waals surface area contributed by atoms with Crippen molar-refractivity contribution in [3.63, 3.8) is 0 Å². The van der Waals surface area contributed by atoms with Gasteiger partial charge in [0.15, 0.2) is 0 Å². The van der Waals surface area contributed by atoms with Gasteiger partial charge in [0.2, 0.25) is 0 Å². The first-order valence-electron chi connectivity index (χ1n) is 9.87. The van der Waals surface area contributed by atoms with Gasteiger partial charge in [-0.15, -0.1) is 0 Å². The van der Waals surface area contributed by atoms with Crippen LogP contribution < -0.4 is 5.32 Å². The summed E-state index contributed by atoms with van der Waals surface area (Å²) in [6.07, 6.45) is 8.60. The molecule has 1 aliphatic carbocycles. The molecule has 2 fully saturated rings. The fraction of sp³-hybridized carbons (Fsp3) is 0.571. The highest BCUT2D eigenvalue weighted by Crippen LogP contribution is 2.28. The Morgan fingerprint density at radius 2 is 1.80 bits per heavy atom. The Morgan fingerprint density at radius 1 is 1.00 bits per heavy atom. The molecule has 0 amide bonds. The molecule has 0 radical (unpaired) electrons. The Hall–Kier alpha value is -1.65. The van der Waals surface area contributed by atoms with Crippen molar-refractivity contribution < 1.29 is 0 Å². The Labute approximate surface area is 151 Å². The molecule has 1 saturated heterocycles. The van der Waals surface area contributed by atoms with Gasteiger partial charge in [0.05, 0.1) is 5.69 Å². The maximum atomic E-state index is 4.53. The van der Waals surface area contributed by atoms with Crippen molar-refractivity contribution in [2.24, 2.45) is 5.92 Å². The van der Waals surface area contributed by atoms with Crippen LogP contribution in [-0.4, -0.2) is 33.8 Å². The zero-order valence-electron chi connectivity index (χ0n) is 15.1. The molecule has 1 N–H and O–H groups in total. The van der Waals surface area contributed by atoms with Gasteiger partial charge in [-0.1, -0.05) is 36.8 Å². The quantitative estimate of drug-likeness (QED) is 0.839. The molecule has 1 saturated carbocycles. The van der Waals surface area contributed by atoms with E-state index < -0.39 is 0 Å². The molecule has 2 aromatic rings. The van der Waals surface area contributed by atoms with Gasteiger partial charge in [-0.3, -0.25) is 9.58 Å². The van der Waals surface area contributed by atoms with Gasteiger partial charge in [-0.05, 0) is 56.3 Å². The fourth-order valence-electron chi connectivity index (χ4n) is 3.98. The lowest BCUT2D eigenvalue weighted by molar-refractivity contribution is 0.189. The van der Waals surface area contributed by atoms with Crippen LogP contribution in [0.25, 0.3) is 0 Å². The van der Waals surface area contributed by atoms with Crippen molar-refractivity contribution in [1.29, 1.82) is 0 Å². The van der Waals surface area contributed by atoms with E-state index in [0.29, 0.717) is 6.04 Å². The van der Waals surface area contributed by atoms with Crippen LogP contribution in [0.15, 0.2) is 42.6 Å². The van der Waals surface area contributed by atoms with Crippen LogP contribution in [0.3, 0.4) is 0 Å². The number of nitrogens with one attached hydrogen (secondary N) is 1. The van der Waals surface area contributed by atoms with Gasteiger partial charge in [-0.2, -0.15) is 5.10 Å². The van der Waals surface area contributed by atoms with Crippen molar-refractivity contribution in [2.45, 2.75) is 57.8 Å². The molecule has 0 atom stereocenters. The maximum Gasteiger partial charge on any atom is 0.0522 e. The first-order chi connectivity index (χ1) is 12.4. The molecule has 2 aliphatic rings. The normalized spacial score (nSPS) is 19.8. The van der Waals surface area contributed by atoms with Crippen LogP contribution in [0.2, 0.25) is 0 Å². The van der Waals surface area contributed by atoms with Gasteiger partial charge in [0, 0.05) is 31.9 Å². The second-order valence-electron chi connectivity index (χ2n) is 7.72.